The minimum atomic E-state index is -4.95. The fourth-order valence-corrected chi connectivity index (χ4v) is 11.1. The van der Waals surface area contributed by atoms with E-state index in [0.717, 1.165) is 29.1 Å². The summed E-state index contributed by atoms with van der Waals surface area (Å²) in [6, 6.07) is 3.42. The number of aromatic nitrogens is 10. The number of hydrogen-bond donors (Lipinski definition) is 0. The van der Waals surface area contributed by atoms with Crippen LogP contribution in [-0.2, 0) is 65.1 Å². The van der Waals surface area contributed by atoms with Crippen LogP contribution in [0.25, 0.3) is 45.4 Å². The van der Waals surface area contributed by atoms with Crippen molar-refractivity contribution in [1.29, 1.82) is 0 Å². The minimum absolute atomic E-state index is 0.0260. The van der Waals surface area contributed by atoms with Gasteiger partial charge in [0.15, 0.2) is 54.0 Å². The maximum absolute atomic E-state index is 14.3. The van der Waals surface area contributed by atoms with Gasteiger partial charge in [0.25, 0.3) is 0 Å². The standard InChI is InChI=1S/C34H34F6N12O6S4/c1-6-61(55,56)23-13-19(50-60(5,54)20-8-9-20)17-42-28(23)32-44-22-15-26(34(38,39)40)46-48-30(22)52(32)10-7-11-62(57,58)24-12-18(49-59(3,4)53)16-41-27(24)31-43-21-14-25(33(35,36)37)45-47-29(21)51(31)2/h12-17,20H,6-11H2,1-5H3. The van der Waals surface area contributed by atoms with E-state index in [0.29, 0.717) is 25.0 Å². The number of alkyl halides is 6. The van der Waals surface area contributed by atoms with E-state index in [1.54, 1.807) is 0 Å². The fraction of sp³-hybridized carbons (Fsp3) is 0.412. The van der Waals surface area contributed by atoms with E-state index >= 15 is 0 Å². The fourth-order valence-electron chi connectivity index (χ4n) is 6.29. The third kappa shape index (κ3) is 9.12. The Balaban J connectivity index is 1.33. The van der Waals surface area contributed by atoms with Gasteiger partial charge in [0.05, 0.1) is 54.8 Å². The van der Waals surface area contributed by atoms with Gasteiger partial charge in [0.2, 0.25) is 0 Å². The monoisotopic (exact) mass is 948 g/mol. The van der Waals surface area contributed by atoms with Crippen LogP contribution < -0.4 is 0 Å². The molecule has 0 bridgehead atoms. The second-order valence-corrected chi connectivity index (χ2v) is 24.0. The lowest BCUT2D eigenvalue weighted by atomic mass is 10.3. The van der Waals surface area contributed by atoms with Crippen LogP contribution in [0.2, 0.25) is 0 Å². The second-order valence-electron chi connectivity index (χ2n) is 14.5. The van der Waals surface area contributed by atoms with Crippen molar-refractivity contribution in [2.45, 2.75) is 60.1 Å². The van der Waals surface area contributed by atoms with Crippen molar-refractivity contribution in [1.82, 2.24) is 49.5 Å². The third-order valence-corrected chi connectivity index (χ3v) is 15.9. The Morgan fingerprint density at radius 1 is 0.694 bits per heavy atom. The highest BCUT2D eigenvalue weighted by atomic mass is 32.2. The Kier molecular flexibility index (Phi) is 11.2. The van der Waals surface area contributed by atoms with Gasteiger partial charge in [-0.1, -0.05) is 6.92 Å². The summed E-state index contributed by atoms with van der Waals surface area (Å²) >= 11 is 0. The first-order valence-electron chi connectivity index (χ1n) is 18.1. The number of halogens is 6. The van der Waals surface area contributed by atoms with Crippen LogP contribution in [-0.4, -0.2) is 110 Å². The Morgan fingerprint density at radius 3 is 1.73 bits per heavy atom. The quantitative estimate of drug-likeness (QED) is 0.136. The Hall–Kier alpha value is -5.22. The molecule has 0 amide bonds. The first kappa shape index (κ1) is 44.8. The SMILES string of the molecule is CCS(=O)(=O)c1cc(N=S(C)(=O)C2CC2)cnc1-c1nc2cc(C(F)(F)F)nnc2n1CCCS(=O)(=O)c1cc(N=S(C)(C)=O)cnc1-c1nc2cc(C(F)(F)F)nnc2n1C. The summed E-state index contributed by atoms with van der Waals surface area (Å²) in [5, 5.41) is 13.6. The maximum atomic E-state index is 14.3. The second kappa shape index (κ2) is 15.5. The Bertz CT molecular complexity index is 3290. The summed E-state index contributed by atoms with van der Waals surface area (Å²) < 4.78 is 174. The van der Waals surface area contributed by atoms with Gasteiger partial charge in [-0.25, -0.2) is 45.2 Å². The van der Waals surface area contributed by atoms with Crippen LogP contribution in [0.3, 0.4) is 0 Å². The molecular weight excluding hydrogens is 915 g/mol. The highest BCUT2D eigenvalue weighted by Gasteiger charge is 2.36. The molecule has 6 heterocycles. The van der Waals surface area contributed by atoms with Gasteiger partial charge < -0.3 is 9.13 Å². The topological polar surface area (TPSA) is 240 Å². The number of nitrogens with zero attached hydrogens (tertiary/aromatic N) is 12. The van der Waals surface area contributed by atoms with Crippen molar-refractivity contribution in [2.75, 3.05) is 30.3 Å². The molecule has 1 unspecified atom stereocenters. The smallest absolute Gasteiger partial charge is 0.309 e. The van der Waals surface area contributed by atoms with Crippen LogP contribution >= 0.6 is 0 Å². The van der Waals surface area contributed by atoms with E-state index in [4.69, 9.17) is 0 Å². The number of fused-ring (bicyclic) bond motifs is 2. The maximum Gasteiger partial charge on any atom is 0.435 e. The van der Waals surface area contributed by atoms with E-state index in [9.17, 15) is 51.6 Å². The number of pyridine rings is 2. The van der Waals surface area contributed by atoms with Crippen molar-refractivity contribution < 1.29 is 51.6 Å². The number of rotatable bonds is 12. The van der Waals surface area contributed by atoms with Crippen LogP contribution in [0.5, 0.6) is 0 Å². The van der Waals surface area contributed by atoms with E-state index in [-0.39, 0.29) is 75.0 Å². The van der Waals surface area contributed by atoms with E-state index in [1.807, 2.05) is 0 Å². The van der Waals surface area contributed by atoms with Crippen molar-refractivity contribution in [3.8, 4) is 23.0 Å². The highest BCUT2D eigenvalue weighted by Crippen LogP contribution is 2.37. The molecule has 0 spiro atoms. The van der Waals surface area contributed by atoms with Crippen LogP contribution in [0.4, 0.5) is 37.7 Å². The lowest BCUT2D eigenvalue weighted by molar-refractivity contribution is -0.142. The van der Waals surface area contributed by atoms with Crippen molar-refractivity contribution >= 4 is 72.8 Å². The molecular formula is C34H34F6N12O6S4. The number of imidazole rings is 2. The molecule has 1 aliphatic rings. The lowest BCUT2D eigenvalue weighted by Crippen LogP contribution is -2.14. The summed E-state index contributed by atoms with van der Waals surface area (Å²) in [7, 11) is -13.0. The van der Waals surface area contributed by atoms with E-state index < -0.39 is 84.2 Å². The molecule has 0 aromatic carbocycles. The first-order valence-corrected chi connectivity index (χ1v) is 25.7. The number of hydrogen-bond acceptors (Lipinski definition) is 16. The minimum Gasteiger partial charge on any atom is -0.309 e. The summed E-state index contributed by atoms with van der Waals surface area (Å²) in [4.78, 5) is 16.0. The zero-order chi connectivity index (χ0) is 45.4. The summed E-state index contributed by atoms with van der Waals surface area (Å²) in [6.07, 6.45) is -2.58. The predicted molar refractivity (Wildman–Crippen MR) is 214 cm³/mol. The van der Waals surface area contributed by atoms with E-state index in [2.05, 4.69) is 49.1 Å². The molecule has 1 saturated carbocycles. The van der Waals surface area contributed by atoms with Gasteiger partial charge in [-0.2, -0.15) is 35.1 Å². The molecule has 1 fully saturated rings. The van der Waals surface area contributed by atoms with Crippen molar-refractivity contribution in [3.05, 3.63) is 48.0 Å². The molecule has 0 N–H and O–H groups in total. The van der Waals surface area contributed by atoms with Gasteiger partial charge in [0.1, 0.15) is 22.4 Å². The Labute approximate surface area is 349 Å². The molecule has 0 radical (unpaired) electrons. The van der Waals surface area contributed by atoms with Crippen molar-refractivity contribution in [2.24, 2.45) is 15.8 Å². The molecule has 6 aromatic heterocycles. The number of aryl methyl sites for hydroxylation is 2. The zero-order valence-corrected chi connectivity index (χ0v) is 36.3. The van der Waals surface area contributed by atoms with Gasteiger partial charge >= 0.3 is 12.4 Å². The zero-order valence-electron chi connectivity index (χ0n) is 33.0. The summed E-state index contributed by atoms with van der Waals surface area (Å²) in [6.45, 7) is 0.957. The molecule has 1 atom stereocenters. The molecule has 0 saturated heterocycles. The molecule has 28 heteroatoms. The molecule has 0 aliphatic heterocycles. The normalized spacial score (nSPS) is 15.3. The molecule has 332 valence electrons. The van der Waals surface area contributed by atoms with Gasteiger partial charge in [-0.3, -0.25) is 0 Å². The Morgan fingerprint density at radius 2 is 1.19 bits per heavy atom. The van der Waals surface area contributed by atoms with Gasteiger partial charge in [0, 0.05) is 59.5 Å². The average molecular weight is 949 g/mol. The average Bonchev–Trinajstić information content (AvgIpc) is 3.91. The van der Waals surface area contributed by atoms with Crippen molar-refractivity contribution in [3.63, 3.8) is 0 Å². The summed E-state index contributed by atoms with van der Waals surface area (Å²) in [5.41, 5.74) is -4.68. The third-order valence-electron chi connectivity index (χ3n) is 9.39. The van der Waals surface area contributed by atoms with Crippen LogP contribution in [0.1, 0.15) is 37.6 Å². The highest BCUT2D eigenvalue weighted by molar-refractivity contribution is 7.94. The predicted octanol–water partition coefficient (Wildman–Crippen LogP) is 5.57. The van der Waals surface area contributed by atoms with Gasteiger partial charge in [-0.05, 0) is 31.4 Å². The molecule has 18 nitrogen and oxygen atoms in total. The molecule has 6 aromatic rings. The largest absolute Gasteiger partial charge is 0.435 e. The molecule has 62 heavy (non-hydrogen) atoms. The van der Waals surface area contributed by atoms with Crippen LogP contribution in [0, 0.1) is 0 Å². The van der Waals surface area contributed by atoms with Crippen LogP contribution in [0.15, 0.2) is 55.2 Å². The lowest BCUT2D eigenvalue weighted by Gasteiger charge is -2.14. The molecule has 7 rings (SSSR count). The molecule has 1 aliphatic carbocycles. The first-order chi connectivity index (χ1) is 28.7. The number of sulfone groups is 2. The summed E-state index contributed by atoms with van der Waals surface area (Å²) in [5.74, 6) is -1.74. The van der Waals surface area contributed by atoms with E-state index in [1.165, 1.54) is 37.3 Å². The van der Waals surface area contributed by atoms with Gasteiger partial charge in [-0.15, -0.1) is 20.4 Å².